The lowest BCUT2D eigenvalue weighted by molar-refractivity contribution is -0.141. The Bertz CT molecular complexity index is 2520. The minimum absolute atomic E-state index is 0.268. The van der Waals surface area contributed by atoms with Crippen molar-refractivity contribution >= 4 is 39.6 Å². The molecule has 9 rings (SSSR count). The van der Waals surface area contributed by atoms with Crippen LogP contribution < -0.4 is 5.32 Å². The number of aliphatic hydroxyl groups excluding tert-OH is 1. The van der Waals surface area contributed by atoms with E-state index in [4.69, 9.17) is 24.4 Å². The van der Waals surface area contributed by atoms with Gasteiger partial charge in [-0.15, -0.1) is 0 Å². The van der Waals surface area contributed by atoms with E-state index < -0.39 is 5.97 Å². The third-order valence-electron chi connectivity index (χ3n) is 11.3. The number of β-amino-alcohol motifs (C(OH)–C–C–N with tert-alkyl or cyclic N) is 1. The number of carboxylic acids is 1. The highest BCUT2D eigenvalue weighted by molar-refractivity contribution is 5.90. The van der Waals surface area contributed by atoms with E-state index in [2.05, 4.69) is 59.3 Å². The fourth-order valence-electron chi connectivity index (χ4n) is 8.16. The second-order valence-electron chi connectivity index (χ2n) is 15.4. The quantitative estimate of drug-likeness (QED) is 0.131. The molecule has 278 valence electrons. The van der Waals surface area contributed by atoms with E-state index in [0.717, 1.165) is 93.8 Å². The molecule has 0 bridgehead atoms. The largest absolute Gasteiger partial charge is 0.481 e. The molecule has 2 aliphatic heterocycles. The Morgan fingerprint density at radius 1 is 0.891 bits per heavy atom. The number of oxazole rings is 1. The van der Waals surface area contributed by atoms with Gasteiger partial charge in [0.2, 0.25) is 5.89 Å². The van der Waals surface area contributed by atoms with Crippen LogP contribution in [0.15, 0.2) is 65.2 Å². The first kappa shape index (κ1) is 35.0. The molecule has 6 aromatic rings. The van der Waals surface area contributed by atoms with Gasteiger partial charge in [-0.3, -0.25) is 19.6 Å². The van der Waals surface area contributed by atoms with Gasteiger partial charge in [0.25, 0.3) is 0 Å². The molecule has 3 fully saturated rings. The number of nitriles is 1. The number of aromatic nitrogens is 4. The first-order valence-corrected chi connectivity index (χ1v) is 19.0. The highest BCUT2D eigenvalue weighted by Crippen LogP contribution is 2.41. The van der Waals surface area contributed by atoms with Crippen molar-refractivity contribution in [1.82, 2.24) is 29.7 Å². The van der Waals surface area contributed by atoms with Gasteiger partial charge in [0.1, 0.15) is 22.9 Å². The van der Waals surface area contributed by atoms with Crippen LogP contribution in [0.1, 0.15) is 65.2 Å². The van der Waals surface area contributed by atoms with Crippen LogP contribution in [0.2, 0.25) is 0 Å². The maximum absolute atomic E-state index is 11.5. The Morgan fingerprint density at radius 2 is 1.62 bits per heavy atom. The van der Waals surface area contributed by atoms with E-state index in [1.807, 2.05) is 36.5 Å². The summed E-state index contributed by atoms with van der Waals surface area (Å²) in [5, 5.41) is 33.1. The van der Waals surface area contributed by atoms with Crippen molar-refractivity contribution in [3.63, 3.8) is 0 Å². The van der Waals surface area contributed by atoms with Gasteiger partial charge in [0, 0.05) is 56.1 Å². The van der Waals surface area contributed by atoms with E-state index in [0.29, 0.717) is 66.9 Å². The van der Waals surface area contributed by atoms with Gasteiger partial charge >= 0.3 is 5.97 Å². The molecule has 2 saturated heterocycles. The molecule has 5 heterocycles. The van der Waals surface area contributed by atoms with E-state index in [-0.39, 0.29) is 12.0 Å². The normalized spacial score (nSPS) is 19.0. The van der Waals surface area contributed by atoms with Crippen LogP contribution in [0.25, 0.3) is 44.7 Å². The lowest BCUT2D eigenvalue weighted by Gasteiger charge is -2.17. The molecule has 3 aromatic heterocycles. The molecule has 0 radical (unpaired) electrons. The van der Waals surface area contributed by atoms with Crippen molar-refractivity contribution in [2.45, 2.75) is 64.6 Å². The molecule has 1 saturated carbocycles. The summed E-state index contributed by atoms with van der Waals surface area (Å²) < 4.78 is 6.31. The summed E-state index contributed by atoms with van der Waals surface area (Å²) in [6.07, 6.45) is 5.21. The van der Waals surface area contributed by atoms with Crippen LogP contribution in [-0.2, 0) is 17.9 Å². The number of rotatable bonds is 10. The fourth-order valence-corrected chi connectivity index (χ4v) is 8.16. The van der Waals surface area contributed by atoms with Crippen molar-refractivity contribution in [2.75, 3.05) is 31.5 Å². The summed E-state index contributed by atoms with van der Waals surface area (Å²) >= 11 is 0. The zero-order chi connectivity index (χ0) is 37.8. The van der Waals surface area contributed by atoms with Crippen LogP contribution in [0.4, 0.5) is 11.5 Å². The number of nitrogens with zero attached hydrogens (tertiary/aromatic N) is 7. The van der Waals surface area contributed by atoms with E-state index >= 15 is 0 Å². The number of pyridine rings is 1. The van der Waals surface area contributed by atoms with E-state index in [1.54, 1.807) is 0 Å². The molecular formula is C43H42N8O4. The summed E-state index contributed by atoms with van der Waals surface area (Å²) in [6.45, 7) is 8.17. The van der Waals surface area contributed by atoms with Gasteiger partial charge in [-0.1, -0.05) is 24.3 Å². The van der Waals surface area contributed by atoms with Gasteiger partial charge in [-0.05, 0) is 110 Å². The predicted octanol–water partition coefficient (Wildman–Crippen LogP) is 7.08. The van der Waals surface area contributed by atoms with Gasteiger partial charge in [-0.2, -0.15) is 5.26 Å². The number of anilines is 2. The lowest BCUT2D eigenvalue weighted by Crippen LogP contribution is -2.22. The van der Waals surface area contributed by atoms with Gasteiger partial charge in [0.15, 0.2) is 11.4 Å². The Balaban J connectivity index is 1.02. The molecule has 1 aliphatic carbocycles. The van der Waals surface area contributed by atoms with Crippen molar-refractivity contribution in [3.8, 4) is 28.7 Å². The number of benzene rings is 3. The molecule has 3 N–H and O–H groups in total. The third-order valence-corrected chi connectivity index (χ3v) is 11.3. The van der Waals surface area contributed by atoms with Crippen molar-refractivity contribution in [2.24, 2.45) is 5.92 Å². The summed E-state index contributed by atoms with van der Waals surface area (Å²) in [5.41, 5.74) is 10.8. The molecule has 3 aliphatic rings. The monoisotopic (exact) mass is 734 g/mol. The van der Waals surface area contributed by atoms with Crippen LogP contribution in [-0.4, -0.2) is 78.2 Å². The summed E-state index contributed by atoms with van der Waals surface area (Å²) in [7, 11) is 0. The predicted molar refractivity (Wildman–Crippen MR) is 209 cm³/mol. The molecule has 12 nitrogen and oxygen atoms in total. The van der Waals surface area contributed by atoms with E-state index in [9.17, 15) is 20.3 Å². The van der Waals surface area contributed by atoms with Crippen molar-refractivity contribution in [1.29, 1.82) is 5.26 Å². The van der Waals surface area contributed by atoms with Crippen LogP contribution in [0.3, 0.4) is 0 Å². The number of hydrogen-bond donors (Lipinski definition) is 3. The molecule has 2 atom stereocenters. The zero-order valence-corrected chi connectivity index (χ0v) is 30.9. The van der Waals surface area contributed by atoms with Gasteiger partial charge in [0.05, 0.1) is 23.1 Å². The summed E-state index contributed by atoms with van der Waals surface area (Å²) in [4.78, 5) is 35.5. The van der Waals surface area contributed by atoms with E-state index in [1.165, 1.54) is 0 Å². The highest BCUT2D eigenvalue weighted by atomic mass is 16.4. The van der Waals surface area contributed by atoms with Crippen LogP contribution >= 0.6 is 0 Å². The Hall–Kier alpha value is -5.74. The molecule has 0 spiro atoms. The molecular weight excluding hydrogens is 693 g/mol. The summed E-state index contributed by atoms with van der Waals surface area (Å²) in [5.74, 6) is 1.19. The average Bonchev–Trinajstić information content (AvgIpc) is 3.54. The maximum atomic E-state index is 11.5. The second kappa shape index (κ2) is 14.2. The molecule has 55 heavy (non-hydrogen) atoms. The number of aliphatic hydroxyl groups is 1. The fraction of sp³-hybridized carbons (Fsp3) is 0.349. The Morgan fingerprint density at radius 3 is 2.36 bits per heavy atom. The molecule has 1 unspecified atom stereocenters. The number of likely N-dealkylation sites (tertiary alicyclic amines) is 2. The SMILES string of the molecule is Cc1c(Nc2nc(C3CC3)nc3cc(CN4CC[C@@H](O)C4)cnc23)cccc1-c1cccc(-c2nc3cc(CN4CCC(C(=O)O)C4)cc(C#N)c3o2)c1C. The Labute approximate surface area is 318 Å². The van der Waals surface area contributed by atoms with Crippen molar-refractivity contribution < 1.29 is 19.4 Å². The number of carboxylic acid groups (broad SMARTS) is 1. The number of nitrogens with one attached hydrogen (secondary N) is 1. The summed E-state index contributed by atoms with van der Waals surface area (Å²) in [6, 6.07) is 20.4. The molecule has 12 heteroatoms. The zero-order valence-electron chi connectivity index (χ0n) is 30.9. The smallest absolute Gasteiger partial charge is 0.307 e. The maximum Gasteiger partial charge on any atom is 0.307 e. The number of fused-ring (bicyclic) bond motifs is 2. The minimum atomic E-state index is -0.767. The number of aliphatic carboxylic acids is 1. The molecule has 3 aromatic carbocycles. The number of hydrogen-bond acceptors (Lipinski definition) is 11. The third kappa shape index (κ3) is 6.91. The van der Waals surface area contributed by atoms with Crippen LogP contribution in [0, 0.1) is 31.1 Å². The van der Waals surface area contributed by atoms with Crippen LogP contribution in [0.5, 0.6) is 0 Å². The first-order chi connectivity index (χ1) is 26.7. The second-order valence-corrected chi connectivity index (χ2v) is 15.4. The topological polar surface area (TPSA) is 165 Å². The first-order valence-electron chi connectivity index (χ1n) is 19.0. The average molecular weight is 735 g/mol. The van der Waals surface area contributed by atoms with Gasteiger partial charge in [-0.25, -0.2) is 15.0 Å². The van der Waals surface area contributed by atoms with Gasteiger partial charge < -0.3 is 19.9 Å². The molecule has 0 amide bonds. The standard InChI is InChI=1S/C43H42N8O4/c1-24-32(5-3-7-34(24)42-48-37-16-26(15-30(18-44)39(37)55-42)20-50-13-11-29(22-50)43(53)54)33-6-4-8-35(25(33)2)46-41-38-36(47-40(49-41)28-9-10-28)17-27(19-45-38)21-51-14-12-31(52)23-51/h3-8,15-17,19,28-29,31,52H,9-14,20-23H2,1-2H3,(H,53,54)(H,46,47,49)/t29?,31-/m1/s1. The highest BCUT2D eigenvalue weighted by Gasteiger charge is 2.30. The number of carbonyl (C=O) groups is 1. The lowest BCUT2D eigenvalue weighted by atomic mass is 9.93. The van der Waals surface area contributed by atoms with Crippen molar-refractivity contribution in [3.05, 3.63) is 94.4 Å². The Kier molecular flexibility index (Phi) is 9.01. The minimum Gasteiger partial charge on any atom is -0.481 e.